The van der Waals surface area contributed by atoms with Crippen molar-refractivity contribution in [3.05, 3.63) is 70.3 Å². The topological polar surface area (TPSA) is 63.7 Å². The minimum atomic E-state index is -0.336. The Hall–Kier alpha value is -2.95. The zero-order valence-electron chi connectivity index (χ0n) is 15.0. The minimum Gasteiger partial charge on any atom is -0.464 e. The number of amides is 2. The molecule has 1 aliphatic heterocycles. The Morgan fingerprint density at radius 1 is 1.00 bits per heavy atom. The molecule has 5 nitrogen and oxygen atoms in total. The molecule has 0 radical (unpaired) electrons. The first kappa shape index (κ1) is 17.9. The quantitative estimate of drug-likeness (QED) is 0.593. The molecule has 0 saturated heterocycles. The standard InChI is InChI=1S/C21H21NO4/c1-14-7-8-16(15(2)13-14)9-10-19(23)26-12-11-22-20(24)17-5-3-4-6-18(17)21(22)25/h3-8,13H,9-12H2,1-2H3. The van der Waals surface area contributed by atoms with E-state index >= 15 is 0 Å². The van der Waals surface area contributed by atoms with Crippen LogP contribution in [0.2, 0.25) is 0 Å². The molecule has 1 aliphatic rings. The van der Waals surface area contributed by atoms with Gasteiger partial charge in [-0.1, -0.05) is 35.9 Å². The molecule has 2 aromatic rings. The monoisotopic (exact) mass is 351 g/mol. The molecule has 0 saturated carbocycles. The number of carbonyl (C=O) groups is 3. The van der Waals surface area contributed by atoms with E-state index in [0.29, 0.717) is 17.5 Å². The molecule has 0 unspecified atom stereocenters. The summed E-state index contributed by atoms with van der Waals surface area (Å²) in [5.74, 6) is -1.00. The summed E-state index contributed by atoms with van der Waals surface area (Å²) in [5, 5.41) is 0. The van der Waals surface area contributed by atoms with Crippen LogP contribution < -0.4 is 0 Å². The lowest BCUT2D eigenvalue weighted by atomic mass is 10.0. The Morgan fingerprint density at radius 2 is 1.65 bits per heavy atom. The molecule has 1 heterocycles. The number of rotatable bonds is 6. The molecule has 5 heteroatoms. The van der Waals surface area contributed by atoms with E-state index in [4.69, 9.17) is 4.74 Å². The van der Waals surface area contributed by atoms with Gasteiger partial charge >= 0.3 is 5.97 Å². The number of imide groups is 1. The number of hydrogen-bond acceptors (Lipinski definition) is 4. The van der Waals surface area contributed by atoms with Crippen molar-refractivity contribution in [2.75, 3.05) is 13.2 Å². The van der Waals surface area contributed by atoms with Crippen molar-refractivity contribution in [2.45, 2.75) is 26.7 Å². The fourth-order valence-corrected chi connectivity index (χ4v) is 3.13. The number of carbonyl (C=O) groups excluding carboxylic acids is 3. The van der Waals surface area contributed by atoms with Gasteiger partial charge in [-0.05, 0) is 43.5 Å². The number of aryl methyl sites for hydroxylation is 3. The lowest BCUT2D eigenvalue weighted by molar-refractivity contribution is -0.143. The van der Waals surface area contributed by atoms with Crippen molar-refractivity contribution < 1.29 is 19.1 Å². The molecule has 26 heavy (non-hydrogen) atoms. The highest BCUT2D eigenvalue weighted by atomic mass is 16.5. The molecule has 0 N–H and O–H groups in total. The Bertz CT molecular complexity index is 837. The van der Waals surface area contributed by atoms with Crippen molar-refractivity contribution in [2.24, 2.45) is 0 Å². The molecule has 0 spiro atoms. The normalized spacial score (nSPS) is 13.1. The van der Waals surface area contributed by atoms with E-state index in [2.05, 4.69) is 6.07 Å². The van der Waals surface area contributed by atoms with Gasteiger partial charge in [-0.15, -0.1) is 0 Å². The Morgan fingerprint density at radius 3 is 2.27 bits per heavy atom. The summed E-state index contributed by atoms with van der Waals surface area (Å²) in [7, 11) is 0. The maximum atomic E-state index is 12.2. The molecule has 0 atom stereocenters. The smallest absolute Gasteiger partial charge is 0.306 e. The van der Waals surface area contributed by atoms with E-state index in [9.17, 15) is 14.4 Å². The summed E-state index contributed by atoms with van der Waals surface area (Å²) in [6.07, 6.45) is 0.879. The van der Waals surface area contributed by atoms with Gasteiger partial charge in [0.1, 0.15) is 6.61 Å². The largest absolute Gasteiger partial charge is 0.464 e. The minimum absolute atomic E-state index is 0.0111. The highest BCUT2D eigenvalue weighted by Gasteiger charge is 2.34. The predicted molar refractivity (Wildman–Crippen MR) is 97.0 cm³/mol. The number of nitrogens with zero attached hydrogens (tertiary/aromatic N) is 1. The van der Waals surface area contributed by atoms with Crippen LogP contribution >= 0.6 is 0 Å². The second-order valence-electron chi connectivity index (χ2n) is 6.46. The van der Waals surface area contributed by atoms with Crippen LogP contribution in [0.4, 0.5) is 0 Å². The molecule has 0 aromatic heterocycles. The fourth-order valence-electron chi connectivity index (χ4n) is 3.13. The van der Waals surface area contributed by atoms with Gasteiger partial charge in [0.25, 0.3) is 11.8 Å². The van der Waals surface area contributed by atoms with Gasteiger partial charge in [0.05, 0.1) is 17.7 Å². The van der Waals surface area contributed by atoms with Gasteiger partial charge in [-0.3, -0.25) is 19.3 Å². The molecule has 0 fully saturated rings. The lowest BCUT2D eigenvalue weighted by Crippen LogP contribution is -2.33. The van der Waals surface area contributed by atoms with Gasteiger partial charge in [0.2, 0.25) is 0 Å². The average Bonchev–Trinajstić information content (AvgIpc) is 2.86. The van der Waals surface area contributed by atoms with Gasteiger partial charge in [0, 0.05) is 6.42 Å². The van der Waals surface area contributed by atoms with Crippen LogP contribution in [0, 0.1) is 13.8 Å². The lowest BCUT2D eigenvalue weighted by Gasteiger charge is -2.14. The predicted octanol–water partition coefficient (Wildman–Crippen LogP) is 3.08. The van der Waals surface area contributed by atoms with E-state index in [1.807, 2.05) is 26.0 Å². The number of esters is 1. The van der Waals surface area contributed by atoms with Crippen LogP contribution in [0.1, 0.15) is 43.8 Å². The van der Waals surface area contributed by atoms with Crippen molar-refractivity contribution in [3.63, 3.8) is 0 Å². The highest BCUT2D eigenvalue weighted by molar-refractivity contribution is 6.21. The van der Waals surface area contributed by atoms with Crippen LogP contribution in [-0.4, -0.2) is 35.8 Å². The molecule has 0 bridgehead atoms. The number of fused-ring (bicyclic) bond motifs is 1. The third-order valence-electron chi connectivity index (χ3n) is 4.55. The average molecular weight is 351 g/mol. The van der Waals surface area contributed by atoms with Gasteiger partial charge in [-0.25, -0.2) is 0 Å². The Balaban J connectivity index is 1.47. The summed E-state index contributed by atoms with van der Waals surface area (Å²) >= 11 is 0. The highest BCUT2D eigenvalue weighted by Crippen LogP contribution is 2.22. The van der Waals surface area contributed by atoms with Crippen LogP contribution in [-0.2, 0) is 16.0 Å². The van der Waals surface area contributed by atoms with E-state index < -0.39 is 0 Å². The van der Waals surface area contributed by atoms with Crippen molar-refractivity contribution in [1.82, 2.24) is 4.90 Å². The Labute approximate surface area is 152 Å². The van der Waals surface area contributed by atoms with E-state index in [1.165, 1.54) is 5.56 Å². The Kier molecular flexibility index (Phi) is 5.16. The molecular formula is C21H21NO4. The molecule has 2 aromatic carbocycles. The zero-order valence-corrected chi connectivity index (χ0v) is 15.0. The van der Waals surface area contributed by atoms with Gasteiger partial charge in [0.15, 0.2) is 0 Å². The zero-order chi connectivity index (χ0) is 18.7. The first-order valence-corrected chi connectivity index (χ1v) is 8.64. The van der Waals surface area contributed by atoms with E-state index in [0.717, 1.165) is 16.0 Å². The first-order valence-electron chi connectivity index (χ1n) is 8.64. The summed E-state index contributed by atoms with van der Waals surface area (Å²) in [4.78, 5) is 37.5. The summed E-state index contributed by atoms with van der Waals surface area (Å²) in [6.45, 7) is 4.14. The van der Waals surface area contributed by atoms with Gasteiger partial charge < -0.3 is 4.74 Å². The van der Waals surface area contributed by atoms with Gasteiger partial charge in [-0.2, -0.15) is 0 Å². The van der Waals surface area contributed by atoms with Crippen molar-refractivity contribution in [1.29, 1.82) is 0 Å². The molecular weight excluding hydrogens is 330 g/mol. The van der Waals surface area contributed by atoms with Crippen LogP contribution in [0.3, 0.4) is 0 Å². The number of benzene rings is 2. The molecule has 3 rings (SSSR count). The second-order valence-corrected chi connectivity index (χ2v) is 6.46. The summed E-state index contributed by atoms with van der Waals surface area (Å²) in [5.41, 5.74) is 4.27. The maximum absolute atomic E-state index is 12.2. The van der Waals surface area contributed by atoms with Crippen LogP contribution in [0.5, 0.6) is 0 Å². The molecule has 2 amide bonds. The fraction of sp³-hybridized carbons (Fsp3) is 0.286. The SMILES string of the molecule is Cc1ccc(CCC(=O)OCCN2C(=O)c3ccccc3C2=O)c(C)c1. The van der Waals surface area contributed by atoms with E-state index in [-0.39, 0.29) is 37.4 Å². The number of ether oxygens (including phenoxy) is 1. The van der Waals surface area contributed by atoms with Crippen molar-refractivity contribution in [3.8, 4) is 0 Å². The maximum Gasteiger partial charge on any atom is 0.306 e. The molecule has 0 aliphatic carbocycles. The van der Waals surface area contributed by atoms with Crippen LogP contribution in [0.15, 0.2) is 42.5 Å². The summed E-state index contributed by atoms with van der Waals surface area (Å²) in [6, 6.07) is 12.8. The third kappa shape index (κ3) is 3.67. The second kappa shape index (κ2) is 7.52. The number of hydrogen-bond donors (Lipinski definition) is 0. The first-order chi connectivity index (χ1) is 12.5. The third-order valence-corrected chi connectivity index (χ3v) is 4.55. The van der Waals surface area contributed by atoms with Crippen LogP contribution in [0.25, 0.3) is 0 Å². The van der Waals surface area contributed by atoms with Crippen molar-refractivity contribution >= 4 is 17.8 Å². The summed E-state index contributed by atoms with van der Waals surface area (Å²) < 4.78 is 5.20. The van der Waals surface area contributed by atoms with E-state index in [1.54, 1.807) is 24.3 Å². The molecule has 134 valence electrons.